The van der Waals surface area contributed by atoms with Crippen LogP contribution in [0.2, 0.25) is 0 Å². The molecule has 2 aromatic heterocycles. The first kappa shape index (κ1) is 9.25. The summed E-state index contributed by atoms with van der Waals surface area (Å²) in [6.45, 7) is 0.377. The van der Waals surface area contributed by atoms with Crippen LogP contribution in [0.15, 0.2) is 30.7 Å². The van der Waals surface area contributed by atoms with E-state index in [1.165, 1.54) is 11.0 Å². The SMILES string of the molecule is O=[N+]([O-])c1ncn(Cc2ccccn2)n1. The zero-order valence-electron chi connectivity index (χ0n) is 7.65. The van der Waals surface area contributed by atoms with Gasteiger partial charge in [0.1, 0.15) is 6.54 Å². The first-order chi connectivity index (χ1) is 7.25. The van der Waals surface area contributed by atoms with E-state index in [0.29, 0.717) is 6.54 Å². The minimum absolute atomic E-state index is 0.377. The summed E-state index contributed by atoms with van der Waals surface area (Å²) in [4.78, 5) is 17.3. The molecule has 2 rings (SSSR count). The standard InChI is InChI=1S/C8H7N5O2/c14-13(15)8-10-6-12(11-8)5-7-3-1-2-4-9-7/h1-4,6H,5H2. The quantitative estimate of drug-likeness (QED) is 0.541. The van der Waals surface area contributed by atoms with Gasteiger partial charge in [-0.05, 0) is 17.1 Å². The number of rotatable bonds is 3. The molecule has 0 aliphatic carbocycles. The molecule has 0 unspecified atom stereocenters. The molecule has 0 amide bonds. The number of hydrogen-bond donors (Lipinski definition) is 0. The predicted octanol–water partition coefficient (Wildman–Crippen LogP) is 0.630. The second-order valence-electron chi connectivity index (χ2n) is 2.82. The Bertz CT molecular complexity index is 467. The molecule has 0 aliphatic heterocycles. The third-order valence-corrected chi connectivity index (χ3v) is 1.74. The highest BCUT2D eigenvalue weighted by Gasteiger charge is 2.12. The maximum absolute atomic E-state index is 10.3. The lowest BCUT2D eigenvalue weighted by Gasteiger charge is -1.94. The largest absolute Gasteiger partial charge is 0.490 e. The Kier molecular flexibility index (Phi) is 2.36. The van der Waals surface area contributed by atoms with Gasteiger partial charge in [-0.15, -0.1) is 0 Å². The lowest BCUT2D eigenvalue weighted by Crippen LogP contribution is -2.02. The summed E-state index contributed by atoms with van der Waals surface area (Å²) < 4.78 is 1.38. The van der Waals surface area contributed by atoms with Crippen LogP contribution in [0, 0.1) is 10.1 Å². The van der Waals surface area contributed by atoms with Crippen LogP contribution in [0.3, 0.4) is 0 Å². The van der Waals surface area contributed by atoms with E-state index >= 15 is 0 Å². The number of pyridine rings is 1. The van der Waals surface area contributed by atoms with Gasteiger partial charge in [-0.3, -0.25) is 4.98 Å². The van der Waals surface area contributed by atoms with E-state index in [9.17, 15) is 10.1 Å². The molecule has 0 saturated carbocycles. The van der Waals surface area contributed by atoms with Gasteiger partial charge in [0, 0.05) is 11.3 Å². The molecule has 7 nitrogen and oxygen atoms in total. The fraction of sp³-hybridized carbons (Fsp3) is 0.125. The predicted molar refractivity (Wildman–Crippen MR) is 50.0 cm³/mol. The van der Waals surface area contributed by atoms with Crippen molar-refractivity contribution in [2.45, 2.75) is 6.54 Å². The summed E-state index contributed by atoms with van der Waals surface area (Å²) in [5, 5.41) is 14.0. The van der Waals surface area contributed by atoms with Crippen LogP contribution in [0.5, 0.6) is 0 Å². The molecule has 2 aromatic rings. The van der Waals surface area contributed by atoms with Gasteiger partial charge in [0.05, 0.1) is 5.69 Å². The van der Waals surface area contributed by atoms with Gasteiger partial charge in [-0.25, -0.2) is 0 Å². The summed E-state index contributed by atoms with van der Waals surface area (Å²) >= 11 is 0. The maximum Gasteiger partial charge on any atom is 0.490 e. The van der Waals surface area contributed by atoms with Crippen molar-refractivity contribution in [3.05, 3.63) is 46.5 Å². The number of aromatic nitrogens is 4. The van der Waals surface area contributed by atoms with E-state index in [1.54, 1.807) is 12.3 Å². The molecule has 0 atom stereocenters. The van der Waals surface area contributed by atoms with Gasteiger partial charge in [-0.2, -0.15) is 4.68 Å². The zero-order chi connectivity index (χ0) is 10.7. The minimum atomic E-state index is -0.630. The highest BCUT2D eigenvalue weighted by molar-refractivity contribution is 5.05. The summed E-state index contributed by atoms with van der Waals surface area (Å²) in [6.07, 6.45) is 2.97. The zero-order valence-corrected chi connectivity index (χ0v) is 7.65. The monoisotopic (exact) mass is 205 g/mol. The Hall–Kier alpha value is -2.31. The molecule has 76 valence electrons. The highest BCUT2D eigenvalue weighted by atomic mass is 16.6. The van der Waals surface area contributed by atoms with Crippen molar-refractivity contribution in [1.82, 2.24) is 19.7 Å². The van der Waals surface area contributed by atoms with Crippen LogP contribution < -0.4 is 0 Å². The molecule has 15 heavy (non-hydrogen) atoms. The van der Waals surface area contributed by atoms with Crippen molar-refractivity contribution in [2.75, 3.05) is 0 Å². The van der Waals surface area contributed by atoms with Crippen LogP contribution in [0.25, 0.3) is 0 Å². The topological polar surface area (TPSA) is 86.7 Å². The number of nitrogens with zero attached hydrogens (tertiary/aromatic N) is 5. The number of nitro groups is 1. The van der Waals surface area contributed by atoms with Gasteiger partial charge < -0.3 is 10.1 Å². The minimum Gasteiger partial charge on any atom is -0.390 e. The Morgan fingerprint density at radius 3 is 2.87 bits per heavy atom. The summed E-state index contributed by atoms with van der Waals surface area (Å²) in [5.74, 6) is -0.397. The fourth-order valence-electron chi connectivity index (χ4n) is 1.10. The van der Waals surface area contributed by atoms with Crippen molar-refractivity contribution in [3.63, 3.8) is 0 Å². The Morgan fingerprint density at radius 2 is 2.27 bits per heavy atom. The van der Waals surface area contributed by atoms with Crippen molar-refractivity contribution in [3.8, 4) is 0 Å². The second-order valence-corrected chi connectivity index (χ2v) is 2.82. The number of hydrogen-bond acceptors (Lipinski definition) is 5. The van der Waals surface area contributed by atoms with Crippen LogP contribution in [-0.4, -0.2) is 24.7 Å². The lowest BCUT2D eigenvalue weighted by molar-refractivity contribution is -0.394. The molecular weight excluding hydrogens is 198 g/mol. The van der Waals surface area contributed by atoms with Crippen LogP contribution >= 0.6 is 0 Å². The summed E-state index contributed by atoms with van der Waals surface area (Å²) in [6, 6.07) is 5.45. The van der Waals surface area contributed by atoms with E-state index in [-0.39, 0.29) is 0 Å². The van der Waals surface area contributed by atoms with Gasteiger partial charge in [0.2, 0.25) is 6.33 Å². The second kappa shape index (κ2) is 3.82. The third kappa shape index (κ3) is 2.13. The van der Waals surface area contributed by atoms with Gasteiger partial charge in [0.25, 0.3) is 0 Å². The Balaban J connectivity index is 2.15. The van der Waals surface area contributed by atoms with Crippen LogP contribution in [0.4, 0.5) is 5.95 Å². The van der Waals surface area contributed by atoms with Gasteiger partial charge >= 0.3 is 5.95 Å². The van der Waals surface area contributed by atoms with E-state index in [1.807, 2.05) is 12.1 Å². The van der Waals surface area contributed by atoms with Crippen LogP contribution in [0.1, 0.15) is 5.69 Å². The van der Waals surface area contributed by atoms with Gasteiger partial charge in [-0.1, -0.05) is 11.1 Å². The van der Waals surface area contributed by atoms with Crippen molar-refractivity contribution in [1.29, 1.82) is 0 Å². The van der Waals surface area contributed by atoms with E-state index < -0.39 is 10.9 Å². The lowest BCUT2D eigenvalue weighted by atomic mass is 10.3. The highest BCUT2D eigenvalue weighted by Crippen LogP contribution is 2.02. The molecular formula is C8H7N5O2. The van der Waals surface area contributed by atoms with E-state index in [2.05, 4.69) is 15.1 Å². The van der Waals surface area contributed by atoms with E-state index in [4.69, 9.17) is 0 Å². The molecule has 0 radical (unpaired) electrons. The van der Waals surface area contributed by atoms with Crippen molar-refractivity contribution in [2.24, 2.45) is 0 Å². The smallest absolute Gasteiger partial charge is 0.390 e. The summed E-state index contributed by atoms with van der Waals surface area (Å²) in [5.41, 5.74) is 0.775. The molecule has 0 fully saturated rings. The average molecular weight is 205 g/mol. The third-order valence-electron chi connectivity index (χ3n) is 1.74. The molecule has 0 saturated heterocycles. The molecule has 2 heterocycles. The Morgan fingerprint density at radius 1 is 1.40 bits per heavy atom. The molecule has 0 N–H and O–H groups in total. The van der Waals surface area contributed by atoms with Gasteiger partial charge in [0.15, 0.2) is 0 Å². The fourth-order valence-corrected chi connectivity index (χ4v) is 1.10. The molecule has 0 aromatic carbocycles. The molecule has 0 spiro atoms. The first-order valence-corrected chi connectivity index (χ1v) is 4.19. The van der Waals surface area contributed by atoms with Crippen molar-refractivity contribution >= 4 is 5.95 Å². The first-order valence-electron chi connectivity index (χ1n) is 4.19. The molecule has 7 heteroatoms. The molecule has 0 bridgehead atoms. The van der Waals surface area contributed by atoms with Crippen LogP contribution in [-0.2, 0) is 6.54 Å². The normalized spacial score (nSPS) is 10.1. The Labute approximate surface area is 84.6 Å². The average Bonchev–Trinajstić information content (AvgIpc) is 2.68. The van der Waals surface area contributed by atoms with Crippen molar-refractivity contribution < 1.29 is 4.92 Å². The summed E-state index contributed by atoms with van der Waals surface area (Å²) in [7, 11) is 0. The maximum atomic E-state index is 10.3. The van der Waals surface area contributed by atoms with E-state index in [0.717, 1.165) is 5.69 Å². The molecule has 0 aliphatic rings.